The number of hydrogen-bond acceptors (Lipinski definition) is 2. The first-order valence-electron chi connectivity index (χ1n) is 7.14. The molecule has 2 unspecified atom stereocenters. The highest BCUT2D eigenvalue weighted by molar-refractivity contribution is 9.10. The lowest BCUT2D eigenvalue weighted by atomic mass is 9.68. The summed E-state index contributed by atoms with van der Waals surface area (Å²) in [5.74, 6) is 0.659. The van der Waals surface area contributed by atoms with Gasteiger partial charge in [0.15, 0.2) is 0 Å². The Kier molecular flexibility index (Phi) is 4.35. The zero-order valence-electron chi connectivity index (χ0n) is 12.0. The molecule has 1 aliphatic rings. The number of rotatable bonds is 3. The molecule has 0 spiro atoms. The Labute approximate surface area is 124 Å². The molecule has 1 aromatic heterocycles. The van der Waals surface area contributed by atoms with Crippen LogP contribution in [-0.4, -0.2) is 9.78 Å². The first-order valence-corrected chi connectivity index (χ1v) is 7.93. The second kappa shape index (κ2) is 5.66. The van der Waals surface area contributed by atoms with Crippen molar-refractivity contribution in [1.82, 2.24) is 9.78 Å². The molecule has 104 valence electrons. The number of halogens is 1. The molecule has 0 bridgehead atoms. The van der Waals surface area contributed by atoms with Gasteiger partial charge in [-0.05, 0) is 48.5 Å². The number of hydrogen-bond donors (Lipinski definition) is 0. The summed E-state index contributed by atoms with van der Waals surface area (Å²) < 4.78 is 3.12. The minimum Gasteiger partial charge on any atom is -0.268 e. The van der Waals surface area contributed by atoms with Crippen molar-refractivity contribution < 1.29 is 0 Å². The maximum atomic E-state index is 9.69. The van der Waals surface area contributed by atoms with Gasteiger partial charge in [0.05, 0.1) is 27.3 Å². The molecule has 0 aliphatic heterocycles. The van der Waals surface area contributed by atoms with Gasteiger partial charge in [-0.15, -0.1) is 0 Å². The van der Waals surface area contributed by atoms with Crippen LogP contribution in [0.3, 0.4) is 0 Å². The molecule has 0 amide bonds. The van der Waals surface area contributed by atoms with Gasteiger partial charge >= 0.3 is 0 Å². The molecular weight excluding hydrogens is 302 g/mol. The van der Waals surface area contributed by atoms with Gasteiger partial charge in [0.1, 0.15) is 0 Å². The van der Waals surface area contributed by atoms with Gasteiger partial charge < -0.3 is 0 Å². The van der Waals surface area contributed by atoms with E-state index in [0.717, 1.165) is 36.0 Å². The van der Waals surface area contributed by atoms with Crippen molar-refractivity contribution in [2.75, 3.05) is 0 Å². The largest absolute Gasteiger partial charge is 0.268 e. The average Bonchev–Trinajstić information content (AvgIpc) is 2.66. The topological polar surface area (TPSA) is 41.6 Å². The van der Waals surface area contributed by atoms with E-state index in [2.05, 4.69) is 40.9 Å². The van der Waals surface area contributed by atoms with Gasteiger partial charge in [-0.1, -0.05) is 19.8 Å². The smallest absolute Gasteiger partial charge is 0.0738 e. The predicted molar refractivity (Wildman–Crippen MR) is 79.7 cm³/mol. The fourth-order valence-corrected chi connectivity index (χ4v) is 3.74. The summed E-state index contributed by atoms with van der Waals surface area (Å²) in [4.78, 5) is 0. The minimum atomic E-state index is -0.195. The van der Waals surface area contributed by atoms with E-state index in [1.807, 2.05) is 11.6 Å². The van der Waals surface area contributed by atoms with Crippen molar-refractivity contribution in [3.05, 3.63) is 15.9 Å². The highest BCUT2D eigenvalue weighted by Gasteiger charge is 2.37. The van der Waals surface area contributed by atoms with Crippen LogP contribution in [0, 0.1) is 29.6 Å². The molecule has 4 heteroatoms. The normalized spacial score (nSPS) is 27.2. The second-order valence-electron chi connectivity index (χ2n) is 5.93. The number of aromatic nitrogens is 2. The predicted octanol–water partition coefficient (Wildman–Crippen LogP) is 4.24. The Bertz CT molecular complexity index is 500. The van der Waals surface area contributed by atoms with Crippen molar-refractivity contribution in [2.24, 2.45) is 11.3 Å². The Hall–Kier alpha value is -0.820. The maximum Gasteiger partial charge on any atom is 0.0738 e. The molecule has 2 rings (SSSR count). The van der Waals surface area contributed by atoms with Crippen molar-refractivity contribution in [2.45, 2.75) is 59.4 Å². The quantitative estimate of drug-likeness (QED) is 0.834. The molecule has 2 atom stereocenters. The van der Waals surface area contributed by atoms with E-state index < -0.39 is 0 Å². The van der Waals surface area contributed by atoms with E-state index in [-0.39, 0.29) is 5.41 Å². The lowest BCUT2D eigenvalue weighted by Crippen LogP contribution is -2.29. The van der Waals surface area contributed by atoms with Gasteiger partial charge in [-0.3, -0.25) is 4.68 Å². The van der Waals surface area contributed by atoms with Gasteiger partial charge in [0, 0.05) is 13.0 Å². The molecule has 1 aromatic rings. The Morgan fingerprint density at radius 1 is 1.58 bits per heavy atom. The molecule has 1 fully saturated rings. The Morgan fingerprint density at radius 3 is 2.89 bits per heavy atom. The SMILES string of the molecule is CCn1nc(C)c(Br)c1CC1(C#N)CCCC(C)C1. The Balaban J connectivity index is 2.31. The average molecular weight is 324 g/mol. The van der Waals surface area contributed by atoms with Crippen LogP contribution in [0.5, 0.6) is 0 Å². The summed E-state index contributed by atoms with van der Waals surface area (Å²) in [6.07, 6.45) is 5.30. The zero-order chi connectivity index (χ0) is 14.0. The lowest BCUT2D eigenvalue weighted by Gasteiger charge is -2.34. The van der Waals surface area contributed by atoms with E-state index in [4.69, 9.17) is 0 Å². The van der Waals surface area contributed by atoms with E-state index in [1.165, 1.54) is 18.5 Å². The van der Waals surface area contributed by atoms with Crippen LogP contribution in [0.2, 0.25) is 0 Å². The summed E-state index contributed by atoms with van der Waals surface area (Å²) in [6, 6.07) is 2.62. The van der Waals surface area contributed by atoms with Crippen LogP contribution < -0.4 is 0 Å². The summed E-state index contributed by atoms with van der Waals surface area (Å²) in [5.41, 5.74) is 2.02. The number of nitrogens with zero attached hydrogens (tertiary/aromatic N) is 3. The fraction of sp³-hybridized carbons (Fsp3) is 0.733. The molecule has 1 aliphatic carbocycles. The van der Waals surface area contributed by atoms with Gasteiger partial charge in [0.25, 0.3) is 0 Å². The molecular formula is C15H22BrN3. The Morgan fingerprint density at radius 2 is 2.32 bits per heavy atom. The van der Waals surface area contributed by atoms with E-state index in [0.29, 0.717) is 5.92 Å². The van der Waals surface area contributed by atoms with Crippen LogP contribution in [0.4, 0.5) is 0 Å². The van der Waals surface area contributed by atoms with E-state index in [1.54, 1.807) is 0 Å². The van der Waals surface area contributed by atoms with E-state index >= 15 is 0 Å². The molecule has 3 nitrogen and oxygen atoms in total. The zero-order valence-corrected chi connectivity index (χ0v) is 13.6. The van der Waals surface area contributed by atoms with Crippen molar-refractivity contribution in [3.8, 4) is 6.07 Å². The summed E-state index contributed by atoms with van der Waals surface area (Å²) in [7, 11) is 0. The highest BCUT2D eigenvalue weighted by atomic mass is 79.9. The van der Waals surface area contributed by atoms with Crippen LogP contribution >= 0.6 is 15.9 Å². The first-order chi connectivity index (χ1) is 9.01. The molecule has 0 radical (unpaired) electrons. The molecule has 0 saturated heterocycles. The standard InChI is InChI=1S/C15H22BrN3/c1-4-19-13(14(16)12(3)18-19)9-15(10-17)7-5-6-11(2)8-15/h11H,4-9H2,1-3H3. The highest BCUT2D eigenvalue weighted by Crippen LogP contribution is 2.42. The fourth-order valence-electron chi connectivity index (χ4n) is 3.32. The van der Waals surface area contributed by atoms with Crippen molar-refractivity contribution in [3.63, 3.8) is 0 Å². The number of nitriles is 1. The van der Waals surface area contributed by atoms with Crippen LogP contribution in [0.25, 0.3) is 0 Å². The number of aryl methyl sites for hydroxylation is 2. The summed E-state index contributed by atoms with van der Waals surface area (Å²) in [5, 5.41) is 14.2. The molecule has 1 heterocycles. The lowest BCUT2D eigenvalue weighted by molar-refractivity contribution is 0.205. The maximum absolute atomic E-state index is 9.69. The van der Waals surface area contributed by atoms with Crippen molar-refractivity contribution >= 4 is 15.9 Å². The van der Waals surface area contributed by atoms with Gasteiger partial charge in [0.2, 0.25) is 0 Å². The second-order valence-corrected chi connectivity index (χ2v) is 6.73. The van der Waals surface area contributed by atoms with Gasteiger partial charge in [-0.2, -0.15) is 10.4 Å². The van der Waals surface area contributed by atoms with E-state index in [9.17, 15) is 5.26 Å². The first kappa shape index (κ1) is 14.6. The molecule has 1 saturated carbocycles. The van der Waals surface area contributed by atoms with Crippen LogP contribution in [0.1, 0.15) is 50.9 Å². The minimum absolute atomic E-state index is 0.195. The van der Waals surface area contributed by atoms with Gasteiger partial charge in [-0.25, -0.2) is 0 Å². The third kappa shape index (κ3) is 2.86. The van der Waals surface area contributed by atoms with Crippen LogP contribution in [0.15, 0.2) is 4.47 Å². The summed E-state index contributed by atoms with van der Waals surface area (Å²) >= 11 is 3.64. The monoisotopic (exact) mass is 323 g/mol. The van der Waals surface area contributed by atoms with Crippen LogP contribution in [-0.2, 0) is 13.0 Å². The third-order valence-corrected chi connectivity index (χ3v) is 5.32. The molecule has 19 heavy (non-hydrogen) atoms. The molecule has 0 aromatic carbocycles. The molecule has 0 N–H and O–H groups in total. The third-order valence-electron chi connectivity index (χ3n) is 4.29. The summed E-state index contributed by atoms with van der Waals surface area (Å²) in [6.45, 7) is 7.24. The van der Waals surface area contributed by atoms with Crippen molar-refractivity contribution in [1.29, 1.82) is 5.26 Å².